The molecule has 0 spiro atoms. The van der Waals surface area contributed by atoms with Crippen LogP contribution in [0.1, 0.15) is 0 Å². The summed E-state index contributed by atoms with van der Waals surface area (Å²) in [4.78, 5) is 13.5. The molecule has 0 heterocycles. The number of rotatable bonds is 3. The fourth-order valence-electron chi connectivity index (χ4n) is 0.251. The van der Waals surface area contributed by atoms with Crippen LogP contribution in [0.4, 0.5) is 0 Å². The molecule has 0 saturated carbocycles. The number of nitrogens with zero attached hydrogens (tertiary/aromatic N) is 1. The number of hydrogen-bond acceptors (Lipinski definition) is 3. The van der Waals surface area contributed by atoms with Gasteiger partial charge in [0, 0.05) is 6.21 Å². The first-order valence-corrected chi connectivity index (χ1v) is 2.71. The van der Waals surface area contributed by atoms with Crippen LogP contribution in [0.2, 0.25) is 0 Å². The second-order valence-electron chi connectivity index (χ2n) is 1.68. The van der Waals surface area contributed by atoms with Gasteiger partial charge in [-0.3, -0.25) is 4.99 Å². The van der Waals surface area contributed by atoms with Crippen molar-refractivity contribution in [3.05, 3.63) is 23.9 Å². The van der Waals surface area contributed by atoms with Crippen LogP contribution in [0.5, 0.6) is 0 Å². The monoisotopic (exact) mass is 150 g/mol. The molecule has 0 aliphatic carbocycles. The quantitative estimate of drug-likeness (QED) is 0.327. The lowest BCUT2D eigenvalue weighted by Gasteiger charge is -1.89. The normalized spacial score (nSPS) is 11.8. The first-order valence-electron chi connectivity index (χ1n) is 2.71. The molecule has 0 aliphatic rings. The molecule has 0 aromatic carbocycles. The van der Waals surface area contributed by atoms with Gasteiger partial charge in [-0.15, -0.1) is 0 Å². The number of aliphatic imine (C=N–C) groups is 1. The molecule has 2 radical (unpaired) electrons. The van der Waals surface area contributed by atoms with Gasteiger partial charge in [-0.2, -0.15) is 0 Å². The molecule has 3 N–H and O–H groups in total. The van der Waals surface area contributed by atoms with Crippen molar-refractivity contribution < 1.29 is 9.90 Å². The van der Waals surface area contributed by atoms with Gasteiger partial charge in [0.15, 0.2) is 0 Å². The van der Waals surface area contributed by atoms with Gasteiger partial charge in [0.2, 0.25) is 0 Å². The number of carboxylic acids is 1. The Morgan fingerprint density at radius 1 is 1.73 bits per heavy atom. The molecule has 0 bridgehead atoms. The van der Waals surface area contributed by atoms with Crippen molar-refractivity contribution in [3.63, 3.8) is 0 Å². The first kappa shape index (κ1) is 9.48. The number of hydrogen-bond donors (Lipinski definition) is 2. The van der Waals surface area contributed by atoms with Crippen LogP contribution in [0.15, 0.2) is 28.9 Å². The summed E-state index contributed by atoms with van der Waals surface area (Å²) in [6, 6.07) is 0. The van der Waals surface area contributed by atoms with Gasteiger partial charge >= 0.3 is 5.97 Å². The van der Waals surface area contributed by atoms with Crippen molar-refractivity contribution in [2.24, 2.45) is 10.7 Å². The second kappa shape index (κ2) is 4.32. The minimum atomic E-state index is -1.19. The number of carbonyl (C=O) groups is 1. The maximum absolute atomic E-state index is 10.1. The van der Waals surface area contributed by atoms with E-state index in [2.05, 4.69) is 11.6 Å². The van der Waals surface area contributed by atoms with E-state index >= 15 is 0 Å². The lowest BCUT2D eigenvalue weighted by Crippen LogP contribution is -1.97. The van der Waals surface area contributed by atoms with E-state index < -0.39 is 5.97 Å². The van der Waals surface area contributed by atoms with Gasteiger partial charge in [-0.05, 0) is 6.20 Å². The molecule has 0 fully saturated rings. The molecule has 0 aromatic rings. The lowest BCUT2D eigenvalue weighted by atomic mass is 9.99. The van der Waals surface area contributed by atoms with Gasteiger partial charge in [0.05, 0.1) is 0 Å². The highest BCUT2D eigenvalue weighted by Crippen LogP contribution is 1.91. The first-order chi connectivity index (χ1) is 5.07. The van der Waals surface area contributed by atoms with E-state index in [-0.39, 0.29) is 11.2 Å². The average molecular weight is 150 g/mol. The predicted molar refractivity (Wildman–Crippen MR) is 43.3 cm³/mol. The molecule has 0 amide bonds. The average Bonchev–Trinajstić information content (AvgIpc) is 1.99. The van der Waals surface area contributed by atoms with Gasteiger partial charge in [-0.1, -0.05) is 12.1 Å². The van der Waals surface area contributed by atoms with Crippen LogP contribution in [0.3, 0.4) is 0 Å². The predicted octanol–water partition coefficient (Wildman–Crippen LogP) is -0.376. The van der Waals surface area contributed by atoms with Crippen LogP contribution >= 0.6 is 0 Å². The highest BCUT2D eigenvalue weighted by molar-refractivity contribution is 6.32. The molecule has 5 heteroatoms. The summed E-state index contributed by atoms with van der Waals surface area (Å²) in [5, 5.41) is 8.26. The number of carboxylic acid groups (broad SMARTS) is 1. The second-order valence-corrected chi connectivity index (χ2v) is 1.68. The summed E-state index contributed by atoms with van der Waals surface area (Å²) in [5.74, 6) is -1.19. The smallest absolute Gasteiger partial charge is 0.353 e. The van der Waals surface area contributed by atoms with Crippen LogP contribution in [-0.2, 0) is 4.79 Å². The van der Waals surface area contributed by atoms with Crippen LogP contribution in [0, 0.1) is 0 Å². The van der Waals surface area contributed by atoms with Crippen molar-refractivity contribution in [2.75, 3.05) is 0 Å². The van der Waals surface area contributed by atoms with Crippen LogP contribution < -0.4 is 5.73 Å². The van der Waals surface area contributed by atoms with Gasteiger partial charge in [0.1, 0.15) is 13.5 Å². The van der Waals surface area contributed by atoms with E-state index in [9.17, 15) is 4.79 Å². The molecule has 0 saturated heterocycles. The Hall–Kier alpha value is -1.52. The Morgan fingerprint density at radius 2 is 2.27 bits per heavy atom. The van der Waals surface area contributed by atoms with Gasteiger partial charge in [0.25, 0.3) is 0 Å². The van der Waals surface area contributed by atoms with E-state index in [0.717, 1.165) is 12.4 Å². The molecule has 11 heavy (non-hydrogen) atoms. The molecule has 0 rings (SSSR count). The van der Waals surface area contributed by atoms with Crippen LogP contribution in [0.25, 0.3) is 0 Å². The third-order valence-corrected chi connectivity index (χ3v) is 0.809. The van der Waals surface area contributed by atoms with Crippen molar-refractivity contribution in [1.82, 2.24) is 0 Å². The van der Waals surface area contributed by atoms with Crippen molar-refractivity contribution in [1.29, 1.82) is 0 Å². The Labute approximate surface area is 65.5 Å². The summed E-state index contributed by atoms with van der Waals surface area (Å²) in [6.45, 7) is 3.14. The minimum Gasteiger partial charge on any atom is -0.477 e. The molecule has 0 atom stereocenters. The Kier molecular flexibility index (Phi) is 3.73. The standard InChI is InChI=1S/C6H7BN2O2/c1-4(6(10)11)9-3-5(7)2-8/h2-3H,1,8H2,(H,10,11)/b5-2+,9-3?. The summed E-state index contributed by atoms with van der Waals surface area (Å²) >= 11 is 0. The molecule has 0 aromatic heterocycles. The van der Waals surface area contributed by atoms with Crippen molar-refractivity contribution >= 4 is 20.0 Å². The Bertz CT molecular complexity index is 233. The van der Waals surface area contributed by atoms with Crippen molar-refractivity contribution in [2.45, 2.75) is 0 Å². The summed E-state index contributed by atoms with van der Waals surface area (Å²) in [6.07, 6.45) is 2.23. The van der Waals surface area contributed by atoms with E-state index in [1.807, 2.05) is 0 Å². The zero-order valence-corrected chi connectivity index (χ0v) is 5.82. The van der Waals surface area contributed by atoms with Crippen LogP contribution in [-0.4, -0.2) is 25.1 Å². The van der Waals surface area contributed by atoms with E-state index in [1.54, 1.807) is 0 Å². The van der Waals surface area contributed by atoms with Crippen molar-refractivity contribution in [3.8, 4) is 0 Å². The highest BCUT2D eigenvalue weighted by atomic mass is 16.4. The molecular weight excluding hydrogens is 143 g/mol. The van der Waals surface area contributed by atoms with E-state index in [1.165, 1.54) is 0 Å². The van der Waals surface area contributed by atoms with Gasteiger partial charge < -0.3 is 10.8 Å². The highest BCUT2D eigenvalue weighted by Gasteiger charge is 1.97. The van der Waals surface area contributed by atoms with E-state index in [4.69, 9.17) is 18.7 Å². The summed E-state index contributed by atoms with van der Waals surface area (Å²) < 4.78 is 0. The molecule has 0 unspecified atom stereocenters. The third-order valence-electron chi connectivity index (χ3n) is 0.809. The minimum absolute atomic E-state index is 0.187. The zero-order chi connectivity index (χ0) is 8.85. The fraction of sp³-hybridized carbons (Fsp3) is 0. The lowest BCUT2D eigenvalue weighted by molar-refractivity contribution is -0.132. The number of nitrogens with two attached hydrogens (primary N) is 1. The summed E-state index contributed by atoms with van der Waals surface area (Å²) in [7, 11) is 5.17. The fourth-order valence-corrected chi connectivity index (χ4v) is 0.251. The third kappa shape index (κ3) is 3.97. The number of allylic oxidation sites excluding steroid dienone is 1. The SMILES string of the molecule is [B]/C(C=NC(=C)C(=O)O)=C/N. The van der Waals surface area contributed by atoms with Gasteiger partial charge in [-0.25, -0.2) is 4.79 Å². The molecule has 56 valence electrons. The maximum Gasteiger partial charge on any atom is 0.353 e. The largest absolute Gasteiger partial charge is 0.477 e. The Balaban J connectivity index is 4.15. The molecule has 0 aliphatic heterocycles. The zero-order valence-electron chi connectivity index (χ0n) is 5.82. The number of aliphatic carboxylic acids is 1. The van der Waals surface area contributed by atoms with E-state index in [0.29, 0.717) is 0 Å². The molecular formula is C6H7BN2O2. The topological polar surface area (TPSA) is 75.7 Å². The molecule has 4 nitrogen and oxygen atoms in total. The Morgan fingerprint density at radius 3 is 2.64 bits per heavy atom. The summed E-state index contributed by atoms with van der Waals surface area (Å²) in [5.41, 5.74) is 4.88. The maximum atomic E-state index is 10.1.